The van der Waals surface area contributed by atoms with E-state index in [9.17, 15) is 9.90 Å². The van der Waals surface area contributed by atoms with Crippen molar-refractivity contribution < 1.29 is 9.90 Å². The average Bonchev–Trinajstić information content (AvgIpc) is 2.45. The number of hydrogen-bond acceptors (Lipinski definition) is 3. The van der Waals surface area contributed by atoms with Gasteiger partial charge >= 0.3 is 0 Å². The topological polar surface area (TPSA) is 75.3 Å². The number of anilines is 1. The van der Waals surface area contributed by atoms with Crippen molar-refractivity contribution in [1.82, 2.24) is 0 Å². The maximum atomic E-state index is 12.1. The van der Waals surface area contributed by atoms with E-state index in [0.29, 0.717) is 22.2 Å². The molecule has 21 heavy (non-hydrogen) atoms. The third-order valence-corrected chi connectivity index (χ3v) is 3.57. The van der Waals surface area contributed by atoms with Gasteiger partial charge in [0.05, 0.1) is 21.8 Å². The fourth-order valence-corrected chi connectivity index (χ4v) is 2.30. The average molecular weight is 325 g/mol. The Morgan fingerprint density at radius 3 is 2.29 bits per heavy atom. The number of rotatable bonds is 4. The highest BCUT2D eigenvalue weighted by atomic mass is 35.5. The van der Waals surface area contributed by atoms with Crippen LogP contribution in [0.4, 0.5) is 5.69 Å². The summed E-state index contributed by atoms with van der Waals surface area (Å²) in [5, 5.41) is 12.6. The van der Waals surface area contributed by atoms with E-state index in [1.807, 2.05) is 0 Å². The minimum atomic E-state index is -0.748. The van der Waals surface area contributed by atoms with Crippen molar-refractivity contribution in [3.63, 3.8) is 0 Å². The van der Waals surface area contributed by atoms with Crippen LogP contribution >= 0.6 is 23.2 Å². The lowest BCUT2D eigenvalue weighted by molar-refractivity contribution is -0.117. The molecule has 0 saturated carbocycles. The fourth-order valence-electron chi connectivity index (χ4n) is 1.81. The number of carbonyl (C=O) groups is 1. The van der Waals surface area contributed by atoms with E-state index in [2.05, 4.69) is 5.32 Å². The molecule has 4 N–H and O–H groups in total. The van der Waals surface area contributed by atoms with Gasteiger partial charge in [0.1, 0.15) is 5.75 Å². The molecule has 4 nitrogen and oxygen atoms in total. The summed E-state index contributed by atoms with van der Waals surface area (Å²) in [6.07, 6.45) is 0.341. The van der Waals surface area contributed by atoms with Crippen molar-refractivity contribution in [2.45, 2.75) is 12.5 Å². The van der Waals surface area contributed by atoms with Gasteiger partial charge in [-0.3, -0.25) is 4.79 Å². The molecule has 0 aliphatic rings. The molecule has 0 unspecified atom stereocenters. The number of phenolic OH excluding ortho intramolecular Hbond substituents is 1. The van der Waals surface area contributed by atoms with Gasteiger partial charge in [-0.1, -0.05) is 41.4 Å². The molecule has 0 aromatic heterocycles. The first-order chi connectivity index (χ1) is 9.97. The van der Waals surface area contributed by atoms with Gasteiger partial charge in [-0.05, 0) is 36.2 Å². The quantitative estimate of drug-likeness (QED) is 0.808. The van der Waals surface area contributed by atoms with Gasteiger partial charge < -0.3 is 16.2 Å². The predicted molar refractivity (Wildman–Crippen MR) is 84.9 cm³/mol. The number of nitrogens with two attached hydrogens (primary N) is 1. The molecular weight excluding hydrogens is 311 g/mol. The summed E-state index contributed by atoms with van der Waals surface area (Å²) >= 11 is 12.0. The van der Waals surface area contributed by atoms with E-state index in [-0.39, 0.29) is 11.7 Å². The first kappa shape index (κ1) is 15.6. The maximum Gasteiger partial charge on any atom is 0.241 e. The number of benzene rings is 2. The maximum absolute atomic E-state index is 12.1. The highest BCUT2D eigenvalue weighted by Gasteiger charge is 2.17. The molecule has 6 heteroatoms. The summed E-state index contributed by atoms with van der Waals surface area (Å²) in [6.45, 7) is 0. The Labute approximate surface area is 132 Å². The van der Waals surface area contributed by atoms with Crippen LogP contribution in [-0.2, 0) is 11.2 Å². The molecular formula is C15H14Cl2N2O2. The SMILES string of the molecule is N[C@H](Cc1ccc(O)cc1)C(=O)Nc1c(Cl)cccc1Cl. The van der Waals surface area contributed by atoms with E-state index in [0.717, 1.165) is 5.56 Å². The summed E-state index contributed by atoms with van der Waals surface area (Å²) in [7, 11) is 0. The van der Waals surface area contributed by atoms with Crippen LogP contribution in [0.15, 0.2) is 42.5 Å². The summed E-state index contributed by atoms with van der Waals surface area (Å²) in [5.41, 5.74) is 7.08. The number of nitrogens with one attached hydrogen (secondary N) is 1. The lowest BCUT2D eigenvalue weighted by Gasteiger charge is -2.14. The van der Waals surface area contributed by atoms with E-state index in [1.165, 1.54) is 0 Å². The molecule has 1 amide bonds. The second-order valence-electron chi connectivity index (χ2n) is 4.56. The van der Waals surface area contributed by atoms with Gasteiger partial charge in [-0.15, -0.1) is 0 Å². The van der Waals surface area contributed by atoms with Crippen LogP contribution in [0, 0.1) is 0 Å². The normalized spacial score (nSPS) is 12.0. The van der Waals surface area contributed by atoms with Crippen LogP contribution in [0.2, 0.25) is 10.0 Å². The number of amides is 1. The van der Waals surface area contributed by atoms with Gasteiger partial charge in [0.15, 0.2) is 0 Å². The summed E-state index contributed by atoms with van der Waals surface area (Å²) < 4.78 is 0. The van der Waals surface area contributed by atoms with Crippen LogP contribution in [-0.4, -0.2) is 17.1 Å². The zero-order valence-electron chi connectivity index (χ0n) is 11.0. The van der Waals surface area contributed by atoms with E-state index in [1.54, 1.807) is 42.5 Å². The minimum Gasteiger partial charge on any atom is -0.508 e. The zero-order chi connectivity index (χ0) is 15.4. The molecule has 2 aromatic carbocycles. The number of carbonyl (C=O) groups excluding carboxylic acids is 1. The predicted octanol–water partition coefficient (Wildman–Crippen LogP) is 3.21. The van der Waals surface area contributed by atoms with Crippen LogP contribution in [0.3, 0.4) is 0 Å². The Bertz CT molecular complexity index is 624. The van der Waals surface area contributed by atoms with Crippen molar-refractivity contribution in [2.75, 3.05) is 5.32 Å². The molecule has 0 radical (unpaired) electrons. The Kier molecular flexibility index (Phi) is 5.07. The van der Waals surface area contributed by atoms with E-state index < -0.39 is 6.04 Å². The van der Waals surface area contributed by atoms with Gasteiger partial charge in [0.2, 0.25) is 5.91 Å². The molecule has 0 heterocycles. The van der Waals surface area contributed by atoms with Gasteiger partial charge in [-0.25, -0.2) is 0 Å². The molecule has 2 rings (SSSR count). The van der Waals surface area contributed by atoms with Crippen LogP contribution in [0.5, 0.6) is 5.75 Å². The van der Waals surface area contributed by atoms with Crippen molar-refractivity contribution in [3.8, 4) is 5.75 Å². The third-order valence-electron chi connectivity index (χ3n) is 2.94. The van der Waals surface area contributed by atoms with Crippen LogP contribution in [0.25, 0.3) is 0 Å². The fraction of sp³-hybridized carbons (Fsp3) is 0.133. The second-order valence-corrected chi connectivity index (χ2v) is 5.38. The van der Waals surface area contributed by atoms with Crippen LogP contribution in [0.1, 0.15) is 5.56 Å². The highest BCUT2D eigenvalue weighted by Crippen LogP contribution is 2.29. The molecule has 0 spiro atoms. The minimum absolute atomic E-state index is 0.166. The Morgan fingerprint density at radius 1 is 1.14 bits per heavy atom. The Hall–Kier alpha value is -1.75. The van der Waals surface area contributed by atoms with Crippen molar-refractivity contribution in [1.29, 1.82) is 0 Å². The lowest BCUT2D eigenvalue weighted by Crippen LogP contribution is -2.37. The standard InChI is InChI=1S/C15H14Cl2N2O2/c16-11-2-1-3-12(17)14(11)19-15(21)13(18)8-9-4-6-10(20)7-5-9/h1-7,13,20H,8,18H2,(H,19,21)/t13-/m1/s1. The molecule has 110 valence electrons. The van der Waals surface area contributed by atoms with Crippen LogP contribution < -0.4 is 11.1 Å². The first-order valence-corrected chi connectivity index (χ1v) is 7.01. The lowest BCUT2D eigenvalue weighted by atomic mass is 10.1. The molecule has 0 bridgehead atoms. The molecule has 2 aromatic rings. The second kappa shape index (κ2) is 6.80. The number of halogens is 2. The van der Waals surface area contributed by atoms with Crippen molar-refractivity contribution >= 4 is 34.8 Å². The number of aromatic hydroxyl groups is 1. The van der Waals surface area contributed by atoms with Gasteiger partial charge in [-0.2, -0.15) is 0 Å². The third kappa shape index (κ3) is 4.11. The summed E-state index contributed by atoms with van der Waals surface area (Å²) in [5.74, 6) is -0.210. The molecule has 0 aliphatic carbocycles. The first-order valence-electron chi connectivity index (χ1n) is 6.25. The molecule has 0 aliphatic heterocycles. The number of hydrogen-bond donors (Lipinski definition) is 3. The Morgan fingerprint density at radius 2 is 1.71 bits per heavy atom. The highest BCUT2D eigenvalue weighted by molar-refractivity contribution is 6.39. The largest absolute Gasteiger partial charge is 0.508 e. The molecule has 0 saturated heterocycles. The van der Waals surface area contributed by atoms with E-state index >= 15 is 0 Å². The van der Waals surface area contributed by atoms with Gasteiger partial charge in [0, 0.05) is 0 Å². The number of para-hydroxylation sites is 1. The monoisotopic (exact) mass is 324 g/mol. The van der Waals surface area contributed by atoms with Crippen molar-refractivity contribution in [3.05, 3.63) is 58.1 Å². The number of phenols is 1. The smallest absolute Gasteiger partial charge is 0.241 e. The molecule has 0 fully saturated rings. The zero-order valence-corrected chi connectivity index (χ0v) is 12.5. The Balaban J connectivity index is 2.04. The molecule has 1 atom stereocenters. The van der Waals surface area contributed by atoms with Crippen molar-refractivity contribution in [2.24, 2.45) is 5.73 Å². The summed E-state index contributed by atoms with van der Waals surface area (Å²) in [4.78, 5) is 12.1. The van der Waals surface area contributed by atoms with E-state index in [4.69, 9.17) is 28.9 Å². The van der Waals surface area contributed by atoms with Gasteiger partial charge in [0.25, 0.3) is 0 Å². The summed E-state index contributed by atoms with van der Waals surface area (Å²) in [6, 6.07) is 10.7.